The van der Waals surface area contributed by atoms with Gasteiger partial charge in [0.1, 0.15) is 12.5 Å². The van der Waals surface area contributed by atoms with Crippen molar-refractivity contribution in [1.29, 1.82) is 0 Å². The quantitative estimate of drug-likeness (QED) is 0.808. The van der Waals surface area contributed by atoms with Crippen LogP contribution in [0.4, 0.5) is 13.2 Å². The smallest absolute Gasteiger partial charge is 0.399 e. The molecule has 0 bridgehead atoms. The molecular weight excluding hydrogens is 295 g/mol. The SMILES string of the molecule is O=COCC(c1cnc2ccc(Cl)cc2c1)C(F)(F)F. The molecule has 1 heterocycles. The van der Waals surface area contributed by atoms with Crippen LogP contribution < -0.4 is 0 Å². The van der Waals surface area contributed by atoms with E-state index in [-0.39, 0.29) is 12.0 Å². The number of nitrogens with zero attached hydrogens (tertiary/aromatic N) is 1. The molecule has 0 N–H and O–H groups in total. The molecule has 7 heteroatoms. The van der Waals surface area contributed by atoms with Crippen LogP contribution in [-0.4, -0.2) is 24.2 Å². The number of carbonyl (C=O) groups excluding carboxylic acids is 1. The molecule has 0 amide bonds. The van der Waals surface area contributed by atoms with Crippen molar-refractivity contribution in [1.82, 2.24) is 4.98 Å². The third kappa shape index (κ3) is 3.19. The van der Waals surface area contributed by atoms with Gasteiger partial charge in [0.15, 0.2) is 0 Å². The van der Waals surface area contributed by atoms with E-state index in [4.69, 9.17) is 11.6 Å². The molecule has 106 valence electrons. The first-order chi connectivity index (χ1) is 9.41. The lowest BCUT2D eigenvalue weighted by atomic mass is 9.99. The summed E-state index contributed by atoms with van der Waals surface area (Å²) >= 11 is 5.80. The summed E-state index contributed by atoms with van der Waals surface area (Å²) in [6.07, 6.45) is -3.40. The molecule has 0 saturated heterocycles. The van der Waals surface area contributed by atoms with Crippen LogP contribution in [0.3, 0.4) is 0 Å². The Labute approximate surface area is 117 Å². The summed E-state index contributed by atoms with van der Waals surface area (Å²) in [6.45, 7) is -0.787. The van der Waals surface area contributed by atoms with Crippen LogP contribution in [0.2, 0.25) is 5.02 Å². The molecule has 0 aliphatic rings. The Kier molecular flexibility index (Phi) is 4.13. The van der Waals surface area contributed by atoms with Gasteiger partial charge in [0.05, 0.1) is 5.52 Å². The average Bonchev–Trinajstić information content (AvgIpc) is 2.37. The fourth-order valence-electron chi connectivity index (χ4n) is 1.83. The first-order valence-electron chi connectivity index (χ1n) is 5.59. The lowest BCUT2D eigenvalue weighted by Gasteiger charge is -2.19. The lowest BCUT2D eigenvalue weighted by Crippen LogP contribution is -2.25. The third-order valence-electron chi connectivity index (χ3n) is 2.79. The number of alkyl halides is 3. The maximum atomic E-state index is 13.0. The van der Waals surface area contributed by atoms with Gasteiger partial charge >= 0.3 is 6.18 Å². The van der Waals surface area contributed by atoms with Crippen molar-refractivity contribution in [3.05, 3.63) is 41.0 Å². The molecule has 1 atom stereocenters. The maximum absolute atomic E-state index is 13.0. The Bertz CT molecular complexity index is 631. The summed E-state index contributed by atoms with van der Waals surface area (Å²) in [5, 5.41) is 0.902. The van der Waals surface area contributed by atoms with Crippen LogP contribution in [0.25, 0.3) is 10.9 Å². The van der Waals surface area contributed by atoms with Crippen LogP contribution in [0.1, 0.15) is 11.5 Å². The van der Waals surface area contributed by atoms with Gasteiger partial charge < -0.3 is 4.74 Å². The second-order valence-electron chi connectivity index (χ2n) is 4.13. The van der Waals surface area contributed by atoms with E-state index in [1.54, 1.807) is 12.1 Å². The van der Waals surface area contributed by atoms with Gasteiger partial charge in [-0.15, -0.1) is 0 Å². The zero-order valence-corrected chi connectivity index (χ0v) is 10.8. The van der Waals surface area contributed by atoms with E-state index < -0.39 is 18.7 Å². The van der Waals surface area contributed by atoms with Crippen LogP contribution >= 0.6 is 11.6 Å². The molecule has 1 unspecified atom stereocenters. The van der Waals surface area contributed by atoms with Crippen molar-refractivity contribution in [2.45, 2.75) is 12.1 Å². The Morgan fingerprint density at radius 3 is 2.75 bits per heavy atom. The second-order valence-corrected chi connectivity index (χ2v) is 4.57. The van der Waals surface area contributed by atoms with E-state index in [9.17, 15) is 18.0 Å². The normalized spacial score (nSPS) is 13.2. The van der Waals surface area contributed by atoms with Gasteiger partial charge in [0.2, 0.25) is 0 Å². The van der Waals surface area contributed by atoms with Crippen molar-refractivity contribution in [3.63, 3.8) is 0 Å². The van der Waals surface area contributed by atoms with Gasteiger partial charge in [-0.25, -0.2) is 0 Å². The molecule has 2 rings (SSSR count). The van der Waals surface area contributed by atoms with E-state index >= 15 is 0 Å². The third-order valence-corrected chi connectivity index (χ3v) is 3.03. The minimum absolute atomic E-state index is 0.00984. The van der Waals surface area contributed by atoms with Gasteiger partial charge in [0.25, 0.3) is 6.47 Å². The van der Waals surface area contributed by atoms with E-state index in [1.165, 1.54) is 12.1 Å². The summed E-state index contributed by atoms with van der Waals surface area (Å²) in [5.74, 6) is -1.91. The molecule has 2 aromatic rings. The Hall–Kier alpha value is -1.82. The molecule has 20 heavy (non-hydrogen) atoms. The number of hydrogen-bond donors (Lipinski definition) is 0. The lowest BCUT2D eigenvalue weighted by molar-refractivity contribution is -0.164. The highest BCUT2D eigenvalue weighted by Gasteiger charge is 2.41. The van der Waals surface area contributed by atoms with Crippen molar-refractivity contribution in [2.24, 2.45) is 0 Å². The molecule has 1 aromatic heterocycles. The number of benzene rings is 1. The second kappa shape index (κ2) is 5.66. The topological polar surface area (TPSA) is 39.2 Å². The summed E-state index contributed by atoms with van der Waals surface area (Å²) < 4.78 is 43.1. The van der Waals surface area contributed by atoms with Crippen molar-refractivity contribution < 1.29 is 22.7 Å². The minimum Gasteiger partial charge on any atom is -0.467 e. The molecule has 1 aromatic carbocycles. The number of carbonyl (C=O) groups is 1. The van der Waals surface area contributed by atoms with Gasteiger partial charge in [0, 0.05) is 16.6 Å². The first-order valence-corrected chi connectivity index (χ1v) is 5.97. The molecule has 0 spiro atoms. The van der Waals surface area contributed by atoms with Crippen molar-refractivity contribution in [3.8, 4) is 0 Å². The van der Waals surface area contributed by atoms with Crippen LogP contribution in [-0.2, 0) is 9.53 Å². The Balaban J connectivity index is 2.44. The number of hydrogen-bond acceptors (Lipinski definition) is 3. The minimum atomic E-state index is -4.53. The molecule has 0 fully saturated rings. The van der Waals surface area contributed by atoms with Gasteiger partial charge in [-0.1, -0.05) is 11.6 Å². The Morgan fingerprint density at radius 2 is 2.10 bits per heavy atom. The number of rotatable bonds is 4. The number of pyridine rings is 1. The number of ether oxygens (including phenoxy) is 1. The summed E-state index contributed by atoms with van der Waals surface area (Å²) in [4.78, 5) is 14.1. The Morgan fingerprint density at radius 1 is 1.35 bits per heavy atom. The summed E-state index contributed by atoms with van der Waals surface area (Å²) in [6, 6.07) is 6.10. The number of aromatic nitrogens is 1. The molecule has 0 radical (unpaired) electrons. The van der Waals surface area contributed by atoms with Crippen molar-refractivity contribution in [2.75, 3.05) is 6.61 Å². The van der Waals surface area contributed by atoms with Crippen molar-refractivity contribution >= 4 is 29.0 Å². The van der Waals surface area contributed by atoms with E-state index in [0.717, 1.165) is 6.20 Å². The zero-order chi connectivity index (χ0) is 14.8. The standard InChI is InChI=1S/C13H9ClF3NO2/c14-10-1-2-12-8(4-10)3-9(5-18-12)11(6-20-7-19)13(15,16)17/h1-5,7,11H,6H2. The summed E-state index contributed by atoms with van der Waals surface area (Å²) in [5.41, 5.74) is 0.462. The zero-order valence-electron chi connectivity index (χ0n) is 10.0. The van der Waals surface area contributed by atoms with E-state index in [2.05, 4.69) is 9.72 Å². The van der Waals surface area contributed by atoms with Gasteiger partial charge in [-0.2, -0.15) is 13.2 Å². The molecule has 0 saturated carbocycles. The average molecular weight is 304 g/mol. The van der Waals surface area contributed by atoms with E-state index in [1.807, 2.05) is 0 Å². The van der Waals surface area contributed by atoms with Gasteiger partial charge in [-0.3, -0.25) is 9.78 Å². The highest BCUT2D eigenvalue weighted by molar-refractivity contribution is 6.31. The number of halogens is 4. The molecule has 0 aliphatic carbocycles. The first kappa shape index (κ1) is 14.6. The highest BCUT2D eigenvalue weighted by atomic mass is 35.5. The molecule has 3 nitrogen and oxygen atoms in total. The highest BCUT2D eigenvalue weighted by Crippen LogP contribution is 2.35. The predicted molar refractivity (Wildman–Crippen MR) is 67.6 cm³/mol. The monoisotopic (exact) mass is 303 g/mol. The predicted octanol–water partition coefficient (Wildman–Crippen LogP) is 3.71. The van der Waals surface area contributed by atoms with Gasteiger partial charge in [-0.05, 0) is 29.8 Å². The molecule has 0 aliphatic heterocycles. The fraction of sp³-hybridized carbons (Fsp3) is 0.231. The summed E-state index contributed by atoms with van der Waals surface area (Å²) in [7, 11) is 0. The van der Waals surface area contributed by atoms with Crippen LogP contribution in [0.15, 0.2) is 30.5 Å². The number of fused-ring (bicyclic) bond motifs is 1. The molecular formula is C13H9ClF3NO2. The van der Waals surface area contributed by atoms with Crippen LogP contribution in [0.5, 0.6) is 0 Å². The maximum Gasteiger partial charge on any atom is 0.399 e. The van der Waals surface area contributed by atoms with Crippen LogP contribution in [0, 0.1) is 0 Å². The largest absolute Gasteiger partial charge is 0.467 e. The van der Waals surface area contributed by atoms with E-state index in [0.29, 0.717) is 15.9 Å². The fourth-order valence-corrected chi connectivity index (χ4v) is 2.01.